The minimum atomic E-state index is -0.810. The number of nitrogens with one attached hydrogen (secondary N) is 1. The van der Waals surface area contributed by atoms with Gasteiger partial charge in [-0.2, -0.15) is 0 Å². The van der Waals surface area contributed by atoms with E-state index >= 15 is 0 Å². The fourth-order valence-corrected chi connectivity index (χ4v) is 1.55. The van der Waals surface area contributed by atoms with Crippen LogP contribution >= 0.6 is 12.4 Å². The Balaban J connectivity index is 0.00000225. The second-order valence-electron chi connectivity index (χ2n) is 4.35. The van der Waals surface area contributed by atoms with Crippen molar-refractivity contribution < 1.29 is 9.59 Å². The molecule has 0 spiro atoms. The van der Waals surface area contributed by atoms with Crippen LogP contribution in [-0.4, -0.2) is 24.4 Å². The molecular weight excluding hydrogens is 230 g/mol. The van der Waals surface area contributed by atoms with Crippen LogP contribution in [0.15, 0.2) is 0 Å². The smallest absolute Gasteiger partial charge is 0.237 e. The van der Waals surface area contributed by atoms with Gasteiger partial charge in [-0.15, -0.1) is 12.4 Å². The average Bonchev–Trinajstić information content (AvgIpc) is 2.94. The third kappa shape index (κ3) is 4.37. The minimum Gasteiger partial charge on any atom is -0.370 e. The zero-order valence-electron chi connectivity index (χ0n) is 9.49. The summed E-state index contributed by atoms with van der Waals surface area (Å²) in [7, 11) is 0. The molecule has 1 rings (SSSR count). The summed E-state index contributed by atoms with van der Waals surface area (Å²) < 4.78 is 0. The first-order valence-corrected chi connectivity index (χ1v) is 5.31. The molecule has 1 atom stereocenters. The third-order valence-corrected chi connectivity index (χ3v) is 3.10. The highest BCUT2D eigenvalue weighted by Gasteiger charge is 2.40. The lowest BCUT2D eigenvalue weighted by atomic mass is 10.0. The van der Waals surface area contributed by atoms with Crippen molar-refractivity contribution >= 4 is 24.2 Å². The highest BCUT2D eigenvalue weighted by Crippen LogP contribution is 2.47. The normalized spacial score (nSPS) is 18.1. The third-order valence-electron chi connectivity index (χ3n) is 3.10. The van der Waals surface area contributed by atoms with Gasteiger partial charge >= 0.3 is 0 Å². The molecule has 2 amide bonds. The van der Waals surface area contributed by atoms with E-state index in [0.717, 1.165) is 19.3 Å². The molecule has 6 heteroatoms. The van der Waals surface area contributed by atoms with Crippen LogP contribution in [0.4, 0.5) is 0 Å². The van der Waals surface area contributed by atoms with Gasteiger partial charge in [0, 0.05) is 6.54 Å². The summed E-state index contributed by atoms with van der Waals surface area (Å²) in [5, 5.41) is 2.77. The van der Waals surface area contributed by atoms with E-state index in [1.807, 2.05) is 0 Å². The monoisotopic (exact) mass is 249 g/mol. The molecule has 0 aliphatic heterocycles. The fraction of sp³-hybridized carbons (Fsp3) is 0.800. The second-order valence-corrected chi connectivity index (χ2v) is 4.35. The number of rotatable bonds is 6. The van der Waals surface area contributed by atoms with Gasteiger partial charge in [0.2, 0.25) is 11.8 Å². The number of carbonyl (C=O) groups is 2. The lowest BCUT2D eigenvalue weighted by Crippen LogP contribution is -2.44. The summed E-state index contributed by atoms with van der Waals surface area (Å²) in [6.07, 6.45) is 3.30. The summed E-state index contributed by atoms with van der Waals surface area (Å²) >= 11 is 0. The molecule has 16 heavy (non-hydrogen) atoms. The van der Waals surface area contributed by atoms with Crippen molar-refractivity contribution in [3.05, 3.63) is 0 Å². The summed E-state index contributed by atoms with van der Waals surface area (Å²) in [6.45, 7) is 2.78. The highest BCUT2D eigenvalue weighted by atomic mass is 35.5. The van der Waals surface area contributed by atoms with Crippen molar-refractivity contribution in [2.75, 3.05) is 6.54 Å². The minimum absolute atomic E-state index is 0. The zero-order chi connectivity index (χ0) is 11.5. The molecule has 1 aliphatic rings. The first-order valence-electron chi connectivity index (χ1n) is 5.31. The van der Waals surface area contributed by atoms with Crippen LogP contribution in [0.5, 0.6) is 0 Å². The van der Waals surface area contributed by atoms with Gasteiger partial charge in [-0.25, -0.2) is 0 Å². The maximum absolute atomic E-state index is 11.4. The summed E-state index contributed by atoms with van der Waals surface area (Å²) in [6, 6.07) is -0.810. The molecule has 1 fully saturated rings. The van der Waals surface area contributed by atoms with Gasteiger partial charge in [0.25, 0.3) is 0 Å². The Morgan fingerprint density at radius 3 is 2.38 bits per heavy atom. The predicted octanol–water partition coefficient (Wildman–Crippen LogP) is -0.0827. The predicted molar refractivity (Wildman–Crippen MR) is 64.0 cm³/mol. The molecular formula is C10H20ClN3O2. The Morgan fingerprint density at radius 1 is 1.44 bits per heavy atom. The van der Waals surface area contributed by atoms with Crippen LogP contribution in [0, 0.1) is 5.41 Å². The molecule has 0 heterocycles. The Kier molecular flexibility index (Phi) is 5.75. The Morgan fingerprint density at radius 2 is 2.00 bits per heavy atom. The van der Waals surface area contributed by atoms with Crippen molar-refractivity contribution in [2.45, 2.75) is 38.6 Å². The first kappa shape index (κ1) is 15.2. The van der Waals surface area contributed by atoms with Crippen molar-refractivity contribution in [1.29, 1.82) is 0 Å². The van der Waals surface area contributed by atoms with Crippen LogP contribution in [0.1, 0.15) is 32.6 Å². The highest BCUT2D eigenvalue weighted by molar-refractivity contribution is 5.87. The Hall–Kier alpha value is -0.810. The molecule has 5 N–H and O–H groups in total. The van der Waals surface area contributed by atoms with Gasteiger partial charge in [-0.05, 0) is 24.7 Å². The number of amides is 2. The Bertz CT molecular complexity index is 267. The van der Waals surface area contributed by atoms with Crippen molar-refractivity contribution in [1.82, 2.24) is 5.32 Å². The first-order chi connectivity index (χ1) is 6.99. The number of hydrogen-bond donors (Lipinski definition) is 3. The van der Waals surface area contributed by atoms with E-state index in [1.54, 1.807) is 0 Å². The van der Waals surface area contributed by atoms with Crippen LogP contribution < -0.4 is 16.8 Å². The van der Waals surface area contributed by atoms with Crippen molar-refractivity contribution in [3.63, 3.8) is 0 Å². The average molecular weight is 250 g/mol. The molecule has 0 aromatic rings. The number of nitrogens with two attached hydrogens (primary N) is 2. The van der Waals surface area contributed by atoms with E-state index < -0.39 is 11.9 Å². The maximum atomic E-state index is 11.4. The van der Waals surface area contributed by atoms with E-state index in [1.165, 1.54) is 0 Å². The lowest BCUT2D eigenvalue weighted by Gasteiger charge is -2.15. The molecule has 1 unspecified atom stereocenters. The topological polar surface area (TPSA) is 98.2 Å². The van der Waals surface area contributed by atoms with Gasteiger partial charge in [0.15, 0.2) is 0 Å². The lowest BCUT2D eigenvalue weighted by molar-refractivity contribution is -0.126. The second kappa shape index (κ2) is 6.06. The van der Waals surface area contributed by atoms with Gasteiger partial charge in [-0.1, -0.05) is 6.92 Å². The van der Waals surface area contributed by atoms with E-state index in [9.17, 15) is 9.59 Å². The van der Waals surface area contributed by atoms with Crippen molar-refractivity contribution in [2.24, 2.45) is 16.9 Å². The summed E-state index contributed by atoms with van der Waals surface area (Å²) in [5.41, 5.74) is 10.7. The quantitative estimate of drug-likeness (QED) is 0.614. The molecule has 1 saturated carbocycles. The molecule has 1 aliphatic carbocycles. The van der Waals surface area contributed by atoms with Crippen LogP contribution in [0.3, 0.4) is 0 Å². The molecule has 0 saturated heterocycles. The fourth-order valence-electron chi connectivity index (χ4n) is 1.55. The van der Waals surface area contributed by atoms with Crippen LogP contribution in [0.2, 0.25) is 0 Å². The molecule has 0 aromatic carbocycles. The van der Waals surface area contributed by atoms with E-state index in [2.05, 4.69) is 12.2 Å². The van der Waals surface area contributed by atoms with Gasteiger partial charge in [0.1, 0.15) is 0 Å². The number of halogens is 1. The molecule has 5 nitrogen and oxygen atoms in total. The maximum Gasteiger partial charge on any atom is 0.237 e. The van der Waals surface area contributed by atoms with Gasteiger partial charge in [0.05, 0.1) is 12.5 Å². The largest absolute Gasteiger partial charge is 0.370 e. The number of carbonyl (C=O) groups excluding carboxylic acids is 2. The molecule has 0 radical (unpaired) electrons. The van der Waals surface area contributed by atoms with Gasteiger partial charge < -0.3 is 16.8 Å². The zero-order valence-corrected chi connectivity index (χ0v) is 10.3. The van der Waals surface area contributed by atoms with Crippen LogP contribution in [-0.2, 0) is 9.59 Å². The standard InChI is InChI=1S/C10H19N3O2.ClH/c1-2-10(3-4-10)6-13-9(15)7(11)5-8(12)14;/h7H,2-6,11H2,1H3,(H2,12,14)(H,13,15);1H. The van der Waals surface area contributed by atoms with E-state index in [4.69, 9.17) is 11.5 Å². The molecule has 0 bridgehead atoms. The van der Waals surface area contributed by atoms with E-state index in [0.29, 0.717) is 12.0 Å². The Labute approximate surface area is 102 Å². The molecule has 94 valence electrons. The number of primary amides is 1. The van der Waals surface area contributed by atoms with Crippen LogP contribution in [0.25, 0.3) is 0 Å². The van der Waals surface area contributed by atoms with E-state index in [-0.39, 0.29) is 24.7 Å². The SMILES string of the molecule is CCC1(CNC(=O)C(N)CC(N)=O)CC1.Cl. The molecule has 0 aromatic heterocycles. The summed E-state index contributed by atoms with van der Waals surface area (Å²) in [5.74, 6) is -0.831. The van der Waals surface area contributed by atoms with Crippen molar-refractivity contribution in [3.8, 4) is 0 Å². The van der Waals surface area contributed by atoms with Gasteiger partial charge in [-0.3, -0.25) is 9.59 Å². The summed E-state index contributed by atoms with van der Waals surface area (Å²) in [4.78, 5) is 22.0. The number of hydrogen-bond acceptors (Lipinski definition) is 3.